The van der Waals surface area contributed by atoms with E-state index in [9.17, 15) is 43.2 Å². The molecule has 2 heterocycles. The summed E-state index contributed by atoms with van der Waals surface area (Å²) in [7, 11) is 0. The number of aromatic nitrogens is 3. The van der Waals surface area contributed by atoms with Crippen LogP contribution in [0.5, 0.6) is 0 Å². The number of carbonyl (C=O) groups is 9. The van der Waals surface area contributed by atoms with Crippen molar-refractivity contribution in [1.82, 2.24) is 52.2 Å². The van der Waals surface area contributed by atoms with Crippen LogP contribution >= 0.6 is 0 Å². The van der Waals surface area contributed by atoms with Gasteiger partial charge in [-0.15, -0.1) is 0 Å². The predicted molar refractivity (Wildman–Crippen MR) is 264 cm³/mol. The number of aromatic amines is 2. The molecule has 0 aliphatic carbocycles. The van der Waals surface area contributed by atoms with Gasteiger partial charge in [-0.05, 0) is 62.6 Å². The van der Waals surface area contributed by atoms with Crippen LogP contribution in [-0.4, -0.2) is 116 Å². The second-order valence-corrected chi connectivity index (χ2v) is 18.6. The first kappa shape index (κ1) is 56.0. The molecule has 15 N–H and O–H groups in total. The number of nitrogens with one attached hydrogen (secondary N) is 9. The summed E-state index contributed by atoms with van der Waals surface area (Å²) < 4.78 is 0. The smallest absolute Gasteiger partial charge is 0.245 e. The molecular formula is C49H69N13O9. The number of hydrogen-bond donors (Lipinski definition) is 12. The zero-order valence-electron chi connectivity index (χ0n) is 41.2. The van der Waals surface area contributed by atoms with Gasteiger partial charge in [0.1, 0.15) is 41.8 Å². The zero-order valence-corrected chi connectivity index (χ0v) is 41.2. The number of nitrogens with two attached hydrogens (primary N) is 3. The number of amides is 9. The van der Waals surface area contributed by atoms with Crippen molar-refractivity contribution in [2.75, 3.05) is 0 Å². The minimum Gasteiger partial charge on any atom is -0.370 e. The third-order valence-electron chi connectivity index (χ3n) is 12.1. The van der Waals surface area contributed by atoms with Crippen molar-refractivity contribution >= 4 is 64.1 Å². The lowest BCUT2D eigenvalue weighted by Gasteiger charge is -2.32. The summed E-state index contributed by atoms with van der Waals surface area (Å²) in [5.74, 6) is -7.63. The highest BCUT2D eigenvalue weighted by molar-refractivity contribution is 5.99. The number of primary amides is 2. The zero-order chi connectivity index (χ0) is 52.6. The second kappa shape index (κ2) is 25.8. The molecule has 2 aromatic heterocycles. The number of benzene rings is 2. The van der Waals surface area contributed by atoms with Crippen molar-refractivity contribution < 1.29 is 43.2 Å². The van der Waals surface area contributed by atoms with E-state index in [4.69, 9.17) is 17.2 Å². The van der Waals surface area contributed by atoms with E-state index in [2.05, 4.69) is 52.2 Å². The number of rotatable bonds is 27. The summed E-state index contributed by atoms with van der Waals surface area (Å²) in [5, 5.41) is 19.3. The molecule has 71 heavy (non-hydrogen) atoms. The molecule has 0 fully saturated rings. The molecule has 9 amide bonds. The van der Waals surface area contributed by atoms with Crippen molar-refractivity contribution in [3.8, 4) is 0 Å². The van der Waals surface area contributed by atoms with Gasteiger partial charge in [0.2, 0.25) is 53.2 Å². The Morgan fingerprint density at radius 3 is 1.89 bits per heavy atom. The van der Waals surface area contributed by atoms with Gasteiger partial charge in [-0.2, -0.15) is 0 Å². The molecule has 1 unspecified atom stereocenters. The largest absolute Gasteiger partial charge is 0.370 e. The van der Waals surface area contributed by atoms with E-state index >= 15 is 0 Å². The maximum Gasteiger partial charge on any atom is 0.245 e. The van der Waals surface area contributed by atoms with Gasteiger partial charge in [-0.1, -0.05) is 82.6 Å². The van der Waals surface area contributed by atoms with Gasteiger partial charge in [0.05, 0.1) is 12.4 Å². The quantitative estimate of drug-likeness (QED) is 0.0362. The molecule has 2 aromatic carbocycles. The van der Waals surface area contributed by atoms with Crippen molar-refractivity contribution in [3.05, 3.63) is 90.1 Å². The van der Waals surface area contributed by atoms with Crippen molar-refractivity contribution in [2.24, 2.45) is 29.0 Å². The molecule has 384 valence electrons. The molecule has 22 nitrogen and oxygen atoms in total. The first-order valence-electron chi connectivity index (χ1n) is 23.5. The first-order chi connectivity index (χ1) is 33.5. The lowest BCUT2D eigenvalue weighted by atomic mass is 9.97. The summed E-state index contributed by atoms with van der Waals surface area (Å²) in [6, 6.07) is 7.75. The lowest BCUT2D eigenvalue weighted by molar-refractivity contribution is -0.138. The van der Waals surface area contributed by atoms with Crippen molar-refractivity contribution in [1.29, 1.82) is 0 Å². The van der Waals surface area contributed by atoms with Crippen LogP contribution in [-0.2, 0) is 62.4 Å². The fourth-order valence-corrected chi connectivity index (χ4v) is 7.58. The molecule has 0 spiro atoms. The number of fused-ring (bicyclic) bond motifs is 1. The van der Waals surface area contributed by atoms with Crippen LogP contribution in [0.25, 0.3) is 10.9 Å². The molecule has 0 saturated carbocycles. The van der Waals surface area contributed by atoms with Gasteiger partial charge in [-0.3, -0.25) is 43.2 Å². The molecule has 0 aliphatic heterocycles. The van der Waals surface area contributed by atoms with E-state index in [1.54, 1.807) is 57.3 Å². The fraction of sp³-hybridized carbons (Fsp3) is 0.469. The molecule has 0 saturated heterocycles. The second-order valence-electron chi connectivity index (χ2n) is 18.6. The van der Waals surface area contributed by atoms with Crippen LogP contribution in [0.4, 0.5) is 0 Å². The molecule has 4 aromatic rings. The van der Waals surface area contributed by atoms with Gasteiger partial charge in [0, 0.05) is 48.3 Å². The Bertz CT molecular complexity index is 2490. The average molecular weight is 984 g/mol. The molecule has 8 atom stereocenters. The molecule has 0 aliphatic rings. The van der Waals surface area contributed by atoms with Gasteiger partial charge >= 0.3 is 0 Å². The predicted octanol–water partition coefficient (Wildman–Crippen LogP) is -0.477. The monoisotopic (exact) mass is 984 g/mol. The Labute approximate surface area is 412 Å². The molecule has 22 heteroatoms. The third-order valence-corrected chi connectivity index (χ3v) is 12.1. The van der Waals surface area contributed by atoms with Gasteiger partial charge in [0.15, 0.2) is 0 Å². The molecule has 0 radical (unpaired) electrons. The van der Waals surface area contributed by atoms with E-state index in [1.165, 1.54) is 33.3 Å². The highest BCUT2D eigenvalue weighted by Gasteiger charge is 2.38. The van der Waals surface area contributed by atoms with E-state index < -0.39 is 107 Å². The van der Waals surface area contributed by atoms with E-state index in [0.717, 1.165) is 16.5 Å². The topological polar surface area (TPSA) is 360 Å². The number of imidazole rings is 1. The summed E-state index contributed by atoms with van der Waals surface area (Å²) >= 11 is 0. The van der Waals surface area contributed by atoms with E-state index in [0.29, 0.717) is 17.7 Å². The van der Waals surface area contributed by atoms with E-state index in [1.807, 2.05) is 31.2 Å². The highest BCUT2D eigenvalue weighted by atomic mass is 16.2. The summed E-state index contributed by atoms with van der Waals surface area (Å²) in [4.78, 5) is 131. The normalized spacial score (nSPS) is 14.8. The fourth-order valence-electron chi connectivity index (χ4n) is 7.58. The van der Waals surface area contributed by atoms with Gasteiger partial charge in [-0.25, -0.2) is 4.98 Å². The highest BCUT2D eigenvalue weighted by Crippen LogP contribution is 2.20. The van der Waals surface area contributed by atoms with Crippen LogP contribution in [0.2, 0.25) is 0 Å². The number of H-pyrrole nitrogens is 2. The average Bonchev–Trinajstić information content (AvgIpc) is 4.00. The Morgan fingerprint density at radius 1 is 0.662 bits per heavy atom. The van der Waals surface area contributed by atoms with Crippen LogP contribution in [0, 0.1) is 11.8 Å². The van der Waals surface area contributed by atoms with Crippen LogP contribution in [0.15, 0.2) is 73.3 Å². The summed E-state index contributed by atoms with van der Waals surface area (Å²) in [5.41, 5.74) is 18.2. The Morgan fingerprint density at radius 2 is 1.27 bits per heavy atom. The molecular weight excluding hydrogens is 915 g/mol. The van der Waals surface area contributed by atoms with E-state index in [-0.39, 0.29) is 38.0 Å². The van der Waals surface area contributed by atoms with Crippen molar-refractivity contribution in [2.45, 2.75) is 135 Å². The minimum absolute atomic E-state index is 0.0511. The first-order valence-corrected chi connectivity index (χ1v) is 23.5. The Kier molecular flexibility index (Phi) is 20.4. The number of carbonyl (C=O) groups excluding carboxylic acids is 9. The maximum absolute atomic E-state index is 14.2. The van der Waals surface area contributed by atoms with Crippen LogP contribution in [0.1, 0.15) is 84.5 Å². The number of hydrogen-bond acceptors (Lipinski definition) is 11. The van der Waals surface area contributed by atoms with Crippen LogP contribution in [0.3, 0.4) is 0 Å². The number of para-hydroxylation sites is 1. The molecule has 4 rings (SSSR count). The lowest BCUT2D eigenvalue weighted by Crippen LogP contribution is -2.64. The maximum atomic E-state index is 14.2. The number of nitrogens with zero attached hydrogens (tertiary/aromatic N) is 1. The minimum atomic E-state index is -1.67. The van der Waals surface area contributed by atoms with Crippen molar-refractivity contribution in [3.63, 3.8) is 0 Å². The SMILES string of the molecule is CCC(C)[C@H](NC(=O)[C@H](Cc1cnc[nH]1)NC(=O)C(C)(C)NC(=O)[C@@H](NC(=O)[C@H](C)NC(=O)[C@H](Cc1c[nH]c2ccccc12)NC(=O)[C@H](CCC(N)=O)NC(=O)[C@H](N)Cc1ccccc1)C(C)C)C(N)=O. The third kappa shape index (κ3) is 16.5. The van der Waals surface area contributed by atoms with Crippen LogP contribution < -0.4 is 54.4 Å². The summed E-state index contributed by atoms with van der Waals surface area (Å²) in [6.45, 7) is 11.1. The van der Waals surface area contributed by atoms with Gasteiger partial charge < -0.3 is 64.4 Å². The van der Waals surface area contributed by atoms with Gasteiger partial charge in [0.25, 0.3) is 0 Å². The molecule has 0 bridgehead atoms. The Balaban J connectivity index is 1.49. The standard InChI is InChI=1S/C49H69N13O9/c1-8-27(4)40(41(52)64)61-46(69)37(22-31-24-53-25-55-31)59-48(71)49(6,7)62-47(70)39(26(2)3)60-42(65)28(5)56-45(68)36(21-30-23-54-34-17-13-12-16-32(30)34)58-44(67)35(18-19-38(51)63)57-43(66)33(50)20-29-14-10-9-11-15-29/h9-17,23-28,33,35-37,39-40,54H,8,18-22,50H2,1-7H3,(H2,51,63)(H2,52,64)(H,53,55)(H,56,68)(H,57,66)(H,58,67)(H,59,71)(H,60,65)(H,61,69)(H,62,70)/t27?,28-,33+,35-,36-,37-,39-,40-/m0/s1. The summed E-state index contributed by atoms with van der Waals surface area (Å²) in [6.07, 6.45) is 4.61. The Hall–Kier alpha value is -7.62.